The Labute approximate surface area is 77.9 Å². The van der Waals surface area contributed by atoms with Crippen LogP contribution >= 0.6 is 11.3 Å². The van der Waals surface area contributed by atoms with Gasteiger partial charge in [-0.05, 0) is 34.9 Å². The fourth-order valence-electron chi connectivity index (χ4n) is 1.52. The molecule has 0 saturated carbocycles. The minimum Gasteiger partial charge on any atom is -0.144 e. The summed E-state index contributed by atoms with van der Waals surface area (Å²) in [6.07, 6.45) is 3.53. The van der Waals surface area contributed by atoms with Crippen molar-refractivity contribution in [3.63, 3.8) is 0 Å². The van der Waals surface area contributed by atoms with Crippen molar-refractivity contribution in [3.8, 4) is 0 Å². The predicted octanol–water partition coefficient (Wildman–Crippen LogP) is 3.73. The first-order valence-electron chi connectivity index (χ1n) is 4.35. The predicted molar refractivity (Wildman–Crippen MR) is 55.5 cm³/mol. The monoisotopic (exact) mass is 178 g/mol. The number of thiophene rings is 1. The molecule has 0 nitrogen and oxygen atoms in total. The van der Waals surface area contributed by atoms with E-state index in [4.69, 9.17) is 0 Å². The summed E-state index contributed by atoms with van der Waals surface area (Å²) in [7, 11) is 0. The minimum atomic E-state index is 0.346. The van der Waals surface area contributed by atoms with Gasteiger partial charge in [-0.3, -0.25) is 0 Å². The molecule has 1 aromatic rings. The average Bonchev–Trinajstić information content (AvgIpc) is 2.37. The topological polar surface area (TPSA) is 0 Å². The van der Waals surface area contributed by atoms with Crippen LogP contribution in [-0.2, 0) is 6.42 Å². The van der Waals surface area contributed by atoms with Crippen molar-refractivity contribution >= 4 is 17.4 Å². The van der Waals surface area contributed by atoms with Crippen LogP contribution in [0, 0.1) is 5.41 Å². The Morgan fingerprint density at radius 2 is 2.08 bits per heavy atom. The summed E-state index contributed by atoms with van der Waals surface area (Å²) in [6, 6.07) is 2.25. The van der Waals surface area contributed by atoms with Gasteiger partial charge in [-0.2, -0.15) is 0 Å². The van der Waals surface area contributed by atoms with Gasteiger partial charge in [0.2, 0.25) is 0 Å². The number of fused-ring (bicyclic) bond motifs is 1. The summed E-state index contributed by atoms with van der Waals surface area (Å²) in [6.45, 7) is 6.86. The Kier molecular flexibility index (Phi) is 1.65. The van der Waals surface area contributed by atoms with Gasteiger partial charge in [0.15, 0.2) is 0 Å². The standard InChI is InChI=1S/C11H14S/c1-11(2,3)9-6-8-4-5-12-10(8)7-9/h4-5,7H,6H2,1-3H3. The maximum Gasteiger partial charge on any atom is 0.0305 e. The van der Waals surface area contributed by atoms with Crippen molar-refractivity contribution < 1.29 is 0 Å². The molecule has 0 aromatic carbocycles. The molecule has 1 aromatic heterocycles. The van der Waals surface area contributed by atoms with E-state index in [1.165, 1.54) is 16.9 Å². The zero-order chi connectivity index (χ0) is 8.77. The zero-order valence-corrected chi connectivity index (χ0v) is 8.66. The van der Waals surface area contributed by atoms with Crippen LogP contribution < -0.4 is 0 Å². The molecule has 0 saturated heterocycles. The quantitative estimate of drug-likeness (QED) is 0.568. The van der Waals surface area contributed by atoms with Crippen molar-refractivity contribution in [3.05, 3.63) is 27.5 Å². The van der Waals surface area contributed by atoms with Crippen molar-refractivity contribution in [1.29, 1.82) is 0 Å². The van der Waals surface area contributed by atoms with Crippen LogP contribution in [0.3, 0.4) is 0 Å². The molecule has 0 aliphatic heterocycles. The first kappa shape index (κ1) is 8.06. The van der Waals surface area contributed by atoms with Gasteiger partial charge in [0.05, 0.1) is 0 Å². The molecule has 64 valence electrons. The van der Waals surface area contributed by atoms with Gasteiger partial charge in [0, 0.05) is 4.88 Å². The van der Waals surface area contributed by atoms with Gasteiger partial charge in [0.25, 0.3) is 0 Å². The molecule has 0 atom stereocenters. The fraction of sp³-hybridized carbons (Fsp3) is 0.455. The van der Waals surface area contributed by atoms with Crippen molar-refractivity contribution in [1.82, 2.24) is 0 Å². The molecule has 1 heteroatoms. The molecule has 2 rings (SSSR count). The molecule has 0 spiro atoms. The van der Waals surface area contributed by atoms with Crippen LogP contribution in [0.25, 0.3) is 6.08 Å². The molecule has 1 aliphatic carbocycles. The third kappa shape index (κ3) is 1.22. The highest BCUT2D eigenvalue weighted by molar-refractivity contribution is 7.11. The van der Waals surface area contributed by atoms with Gasteiger partial charge >= 0.3 is 0 Å². The summed E-state index contributed by atoms with van der Waals surface area (Å²) in [5, 5.41) is 2.18. The highest BCUT2D eigenvalue weighted by Gasteiger charge is 2.23. The highest BCUT2D eigenvalue weighted by Crippen LogP contribution is 2.38. The lowest BCUT2D eigenvalue weighted by Crippen LogP contribution is -2.08. The van der Waals surface area contributed by atoms with Crippen LogP contribution in [0.4, 0.5) is 0 Å². The van der Waals surface area contributed by atoms with Crippen molar-refractivity contribution in [2.75, 3.05) is 0 Å². The normalized spacial score (nSPS) is 16.1. The second-order valence-corrected chi connectivity index (χ2v) is 5.35. The Bertz CT molecular complexity index is 323. The van der Waals surface area contributed by atoms with E-state index >= 15 is 0 Å². The number of hydrogen-bond donors (Lipinski definition) is 0. The van der Waals surface area contributed by atoms with Crippen LogP contribution in [0.15, 0.2) is 17.0 Å². The summed E-state index contributed by atoms with van der Waals surface area (Å²) in [4.78, 5) is 1.47. The third-order valence-corrected chi connectivity index (χ3v) is 3.34. The van der Waals surface area contributed by atoms with Gasteiger partial charge in [-0.25, -0.2) is 0 Å². The lowest BCUT2D eigenvalue weighted by atomic mass is 9.85. The molecule has 0 unspecified atom stereocenters. The molecular formula is C11H14S. The van der Waals surface area contributed by atoms with Crippen LogP contribution in [0.5, 0.6) is 0 Å². The van der Waals surface area contributed by atoms with E-state index in [0.717, 1.165) is 0 Å². The molecule has 0 fully saturated rings. The summed E-state index contributed by atoms with van der Waals surface area (Å²) >= 11 is 1.86. The van der Waals surface area contributed by atoms with Gasteiger partial charge < -0.3 is 0 Å². The first-order valence-corrected chi connectivity index (χ1v) is 5.23. The summed E-state index contributed by atoms with van der Waals surface area (Å²) in [5.74, 6) is 0. The Morgan fingerprint density at radius 1 is 1.33 bits per heavy atom. The van der Waals surface area contributed by atoms with Gasteiger partial charge in [-0.1, -0.05) is 26.3 Å². The SMILES string of the molecule is CC(C)(C)C1=Cc2sccc2C1. The first-order chi connectivity index (χ1) is 5.57. The lowest BCUT2D eigenvalue weighted by Gasteiger charge is -2.19. The van der Waals surface area contributed by atoms with Crippen molar-refractivity contribution in [2.24, 2.45) is 5.41 Å². The molecule has 12 heavy (non-hydrogen) atoms. The Morgan fingerprint density at radius 3 is 2.67 bits per heavy atom. The van der Waals surface area contributed by atoms with E-state index in [9.17, 15) is 0 Å². The van der Waals surface area contributed by atoms with Gasteiger partial charge in [0.1, 0.15) is 0 Å². The lowest BCUT2D eigenvalue weighted by molar-refractivity contribution is 0.498. The van der Waals surface area contributed by atoms with E-state index < -0.39 is 0 Å². The molecule has 1 aliphatic rings. The maximum absolute atomic E-state index is 2.36. The molecule has 0 N–H and O–H groups in total. The molecule has 1 heterocycles. The van der Waals surface area contributed by atoms with Crippen molar-refractivity contribution in [2.45, 2.75) is 27.2 Å². The maximum atomic E-state index is 2.36. The van der Waals surface area contributed by atoms with E-state index in [-0.39, 0.29) is 0 Å². The highest BCUT2D eigenvalue weighted by atomic mass is 32.1. The van der Waals surface area contributed by atoms with E-state index in [1.807, 2.05) is 11.3 Å². The van der Waals surface area contributed by atoms with Gasteiger partial charge in [-0.15, -0.1) is 11.3 Å². The van der Waals surface area contributed by atoms with E-state index in [1.54, 1.807) is 5.57 Å². The number of hydrogen-bond acceptors (Lipinski definition) is 1. The number of allylic oxidation sites excluding steroid dienone is 1. The smallest absolute Gasteiger partial charge is 0.0305 e. The van der Waals surface area contributed by atoms with E-state index in [0.29, 0.717) is 5.41 Å². The summed E-state index contributed by atoms with van der Waals surface area (Å²) in [5.41, 5.74) is 3.44. The second-order valence-electron chi connectivity index (χ2n) is 4.41. The van der Waals surface area contributed by atoms with Crippen LogP contribution in [-0.4, -0.2) is 0 Å². The Hall–Kier alpha value is -0.560. The zero-order valence-electron chi connectivity index (χ0n) is 7.85. The van der Waals surface area contributed by atoms with Crippen LogP contribution in [0.2, 0.25) is 0 Å². The van der Waals surface area contributed by atoms with Crippen LogP contribution in [0.1, 0.15) is 31.2 Å². The average molecular weight is 178 g/mol. The molecule has 0 amide bonds. The number of rotatable bonds is 0. The molecule has 0 radical (unpaired) electrons. The molecular weight excluding hydrogens is 164 g/mol. The molecule has 0 bridgehead atoms. The second kappa shape index (κ2) is 2.46. The third-order valence-electron chi connectivity index (χ3n) is 2.43. The Balaban J connectivity index is 2.34. The summed E-state index contributed by atoms with van der Waals surface area (Å²) < 4.78 is 0. The van der Waals surface area contributed by atoms with E-state index in [2.05, 4.69) is 38.3 Å². The largest absolute Gasteiger partial charge is 0.144 e. The minimum absolute atomic E-state index is 0.346. The fourth-order valence-corrected chi connectivity index (χ4v) is 2.40.